The molecule has 9 N–H and O–H groups in total. The summed E-state index contributed by atoms with van der Waals surface area (Å²) in [5.41, 5.74) is 24.5. The molecule has 4 aromatic carbocycles. The maximum Gasteiger partial charge on any atom is 0.170 e. The number of piperazine rings is 1. The number of aromatic nitrogens is 2. The van der Waals surface area contributed by atoms with Crippen molar-refractivity contribution in [2.45, 2.75) is 13.0 Å². The molecule has 7 rings (SSSR count). The van der Waals surface area contributed by atoms with Gasteiger partial charge in [-0.15, -0.1) is 0 Å². The van der Waals surface area contributed by atoms with Gasteiger partial charge < -0.3 is 47.5 Å². The van der Waals surface area contributed by atoms with E-state index in [1.54, 1.807) is 12.1 Å². The normalized spacial score (nSPS) is 14.5. The Hall–Kier alpha value is -6.76. The van der Waals surface area contributed by atoms with Gasteiger partial charge >= 0.3 is 0 Å². The second kappa shape index (κ2) is 14.0. The first-order chi connectivity index (χ1) is 24.8. The van der Waals surface area contributed by atoms with Gasteiger partial charge in [-0.3, -0.25) is 0 Å². The lowest BCUT2D eigenvalue weighted by molar-refractivity contribution is 0.230. The largest absolute Gasteiger partial charge is 0.485 e. The number of oxime groups is 2. The molecular weight excluding hydrogens is 644 g/mol. The molecule has 0 aliphatic carbocycles. The lowest BCUT2D eigenvalue weighted by Gasteiger charge is -2.38. The van der Waals surface area contributed by atoms with Crippen molar-refractivity contribution in [1.29, 1.82) is 0 Å². The van der Waals surface area contributed by atoms with Crippen molar-refractivity contribution in [2.75, 3.05) is 47.0 Å². The lowest BCUT2D eigenvalue weighted by atomic mass is 10.1. The van der Waals surface area contributed by atoms with Crippen LogP contribution in [0, 0.1) is 0 Å². The summed E-state index contributed by atoms with van der Waals surface area (Å²) >= 11 is 0. The number of amidine groups is 2. The van der Waals surface area contributed by atoms with Gasteiger partial charge in [-0.2, -0.15) is 0 Å². The lowest BCUT2D eigenvalue weighted by Crippen LogP contribution is -2.46. The van der Waals surface area contributed by atoms with Crippen molar-refractivity contribution in [3.8, 4) is 5.75 Å². The molecule has 13 heteroatoms. The number of nitrogens with zero attached hydrogens (tertiary/aromatic N) is 6. The van der Waals surface area contributed by atoms with Gasteiger partial charge in [-0.05, 0) is 67.1 Å². The Labute approximate surface area is 294 Å². The van der Waals surface area contributed by atoms with E-state index in [1.165, 1.54) is 0 Å². The summed E-state index contributed by atoms with van der Waals surface area (Å²) in [5, 5.41) is 29.5. The van der Waals surface area contributed by atoms with E-state index in [0.717, 1.165) is 70.6 Å². The number of fused-ring (bicyclic) bond motifs is 2. The number of nitrogens with one attached hydrogen (secondary N) is 1. The zero-order valence-corrected chi connectivity index (χ0v) is 27.9. The molecular formula is C38H38N10O3. The van der Waals surface area contributed by atoms with Gasteiger partial charge in [0, 0.05) is 77.3 Å². The Morgan fingerprint density at radius 1 is 0.745 bits per heavy atom. The molecule has 1 fully saturated rings. The summed E-state index contributed by atoms with van der Waals surface area (Å²) in [7, 11) is 0. The fraction of sp³-hybridized carbons (Fsp3) is 0.158. The van der Waals surface area contributed by atoms with Crippen molar-refractivity contribution in [1.82, 2.24) is 9.97 Å². The smallest absolute Gasteiger partial charge is 0.170 e. The van der Waals surface area contributed by atoms with E-state index in [1.807, 2.05) is 91.9 Å². The minimum atomic E-state index is -0.287. The fourth-order valence-corrected chi connectivity index (χ4v) is 6.37. The monoisotopic (exact) mass is 682 g/mol. The Bertz CT molecular complexity index is 2250. The van der Waals surface area contributed by atoms with Gasteiger partial charge in [-0.25, -0.2) is 9.97 Å². The fourth-order valence-electron chi connectivity index (χ4n) is 6.37. The molecule has 0 bridgehead atoms. The number of hydrogen-bond donors (Lipinski definition) is 6. The van der Waals surface area contributed by atoms with Crippen LogP contribution < -0.4 is 37.1 Å². The number of benzene rings is 4. The van der Waals surface area contributed by atoms with Crippen LogP contribution in [0.3, 0.4) is 0 Å². The second-order valence-electron chi connectivity index (χ2n) is 12.3. The number of hydrogen-bond acceptors (Lipinski definition) is 11. The number of nitrogens with two attached hydrogens (primary N) is 3. The zero-order valence-electron chi connectivity index (χ0n) is 27.9. The number of nitrogen functional groups attached to an aromatic ring is 1. The Balaban J connectivity index is 1.10. The van der Waals surface area contributed by atoms with E-state index in [4.69, 9.17) is 37.3 Å². The maximum absolute atomic E-state index is 8.99. The number of pyridine rings is 2. The van der Waals surface area contributed by atoms with Crippen LogP contribution in [0.2, 0.25) is 0 Å². The minimum absolute atomic E-state index is 0.0498. The highest BCUT2D eigenvalue weighted by molar-refractivity contribution is 5.98. The number of ether oxygens (including phenoxy) is 1. The second-order valence-corrected chi connectivity index (χ2v) is 12.3. The molecule has 1 aliphatic rings. The van der Waals surface area contributed by atoms with E-state index in [-0.39, 0.29) is 17.8 Å². The van der Waals surface area contributed by atoms with Crippen molar-refractivity contribution < 1.29 is 15.2 Å². The minimum Gasteiger partial charge on any atom is -0.485 e. The molecule has 0 radical (unpaired) electrons. The highest BCUT2D eigenvalue weighted by Gasteiger charge is 2.21. The molecule has 6 aromatic rings. The van der Waals surface area contributed by atoms with Crippen LogP contribution >= 0.6 is 0 Å². The zero-order chi connectivity index (χ0) is 35.5. The molecule has 13 nitrogen and oxygen atoms in total. The molecule has 0 spiro atoms. The highest BCUT2D eigenvalue weighted by Crippen LogP contribution is 2.35. The third-order valence-corrected chi connectivity index (χ3v) is 9.10. The molecule has 2 aromatic heterocycles. The van der Waals surface area contributed by atoms with Gasteiger partial charge in [0.1, 0.15) is 23.5 Å². The van der Waals surface area contributed by atoms with E-state index >= 15 is 0 Å². The SMILES string of the molecule is CC(Oc1cc(Nc2ccc3c(N4CCN(c5ccc(C(N)=NO)cc5)CC4)cc(N)nc3c2)nc2ccccc12)c1ccc(C(N)=NO)cc1. The third-order valence-electron chi connectivity index (χ3n) is 9.10. The summed E-state index contributed by atoms with van der Waals surface area (Å²) in [6.07, 6.45) is -0.287. The quantitative estimate of drug-likeness (QED) is 0.0469. The topological polar surface area (TPSA) is 197 Å². The third kappa shape index (κ3) is 6.90. The van der Waals surface area contributed by atoms with Gasteiger partial charge in [-0.1, -0.05) is 46.7 Å². The van der Waals surface area contributed by atoms with Crippen molar-refractivity contribution in [3.63, 3.8) is 0 Å². The molecule has 0 saturated carbocycles. The van der Waals surface area contributed by atoms with Crippen LogP contribution in [0.1, 0.15) is 29.7 Å². The molecule has 1 atom stereocenters. The standard InChI is InChI=1S/C38H38N10O3/c1-23(24-6-8-25(9-7-24)37(40)45-49)51-34-22-36(44-31-5-3-2-4-30(31)34)42-27-12-15-29-32(20-27)43-35(39)21-33(29)48-18-16-47(17-19-48)28-13-10-26(11-14-28)38(41)46-50/h2-15,20-23,49-50H,16-19H2,1H3,(H2,39,43)(H2,40,45)(H2,41,46)(H,42,44). The predicted octanol–water partition coefficient (Wildman–Crippen LogP) is 5.76. The molecule has 3 heterocycles. The van der Waals surface area contributed by atoms with Crippen LogP contribution in [0.15, 0.2) is 113 Å². The first-order valence-electron chi connectivity index (χ1n) is 16.5. The molecule has 0 amide bonds. The van der Waals surface area contributed by atoms with Gasteiger partial charge in [0.05, 0.1) is 11.0 Å². The van der Waals surface area contributed by atoms with Gasteiger partial charge in [0.25, 0.3) is 0 Å². The summed E-state index contributed by atoms with van der Waals surface area (Å²) in [5.74, 6) is 1.89. The molecule has 1 saturated heterocycles. The summed E-state index contributed by atoms with van der Waals surface area (Å²) in [6.45, 7) is 5.22. The first kappa shape index (κ1) is 32.8. The average Bonchev–Trinajstić information content (AvgIpc) is 3.17. The van der Waals surface area contributed by atoms with E-state index in [0.29, 0.717) is 28.5 Å². The van der Waals surface area contributed by atoms with Crippen LogP contribution in [-0.2, 0) is 0 Å². The number of rotatable bonds is 9. The van der Waals surface area contributed by atoms with Gasteiger partial charge in [0.2, 0.25) is 0 Å². The maximum atomic E-state index is 8.99. The predicted molar refractivity (Wildman–Crippen MR) is 203 cm³/mol. The van der Waals surface area contributed by atoms with Crippen molar-refractivity contribution >= 4 is 62.2 Å². The van der Waals surface area contributed by atoms with Crippen LogP contribution in [0.4, 0.5) is 28.7 Å². The van der Waals surface area contributed by atoms with Gasteiger partial charge in [0.15, 0.2) is 11.7 Å². The van der Waals surface area contributed by atoms with E-state index < -0.39 is 0 Å². The van der Waals surface area contributed by atoms with Crippen LogP contribution in [0.25, 0.3) is 21.8 Å². The summed E-state index contributed by atoms with van der Waals surface area (Å²) in [6, 6.07) is 32.8. The van der Waals surface area contributed by atoms with Crippen molar-refractivity contribution in [2.24, 2.45) is 21.8 Å². The Kier molecular flexibility index (Phi) is 8.99. The number of anilines is 5. The van der Waals surface area contributed by atoms with E-state index in [9.17, 15) is 0 Å². The first-order valence-corrected chi connectivity index (χ1v) is 16.5. The van der Waals surface area contributed by atoms with E-state index in [2.05, 4.69) is 36.5 Å². The Morgan fingerprint density at radius 2 is 1.39 bits per heavy atom. The summed E-state index contributed by atoms with van der Waals surface area (Å²) in [4.78, 5) is 14.2. The molecule has 1 aliphatic heterocycles. The van der Waals surface area contributed by atoms with Crippen molar-refractivity contribution in [3.05, 3.63) is 120 Å². The summed E-state index contributed by atoms with van der Waals surface area (Å²) < 4.78 is 6.50. The highest BCUT2D eigenvalue weighted by atomic mass is 16.5. The average molecular weight is 683 g/mol. The van der Waals surface area contributed by atoms with Crippen LogP contribution in [0.5, 0.6) is 5.75 Å². The van der Waals surface area contributed by atoms with Crippen LogP contribution in [-0.4, -0.2) is 58.2 Å². The Morgan fingerprint density at radius 3 is 2.08 bits per heavy atom. The molecule has 51 heavy (non-hydrogen) atoms. The molecule has 1 unspecified atom stereocenters. The molecule has 258 valence electrons. The number of para-hydroxylation sites is 1.